The Kier molecular flexibility index (Phi) is 3.53. The molecule has 0 spiro atoms. The fourth-order valence-electron chi connectivity index (χ4n) is 2.86. The number of fused-ring (bicyclic) bond motifs is 1. The van der Waals surface area contributed by atoms with E-state index >= 15 is 0 Å². The van der Waals surface area contributed by atoms with Crippen LogP contribution in [0, 0.1) is 0 Å². The topological polar surface area (TPSA) is 33.1 Å². The smallest absolute Gasteiger partial charge is 0.0843 e. The highest BCUT2D eigenvalue weighted by Gasteiger charge is 2.20. The van der Waals surface area contributed by atoms with Crippen molar-refractivity contribution in [1.29, 1.82) is 0 Å². The summed E-state index contributed by atoms with van der Waals surface area (Å²) in [4.78, 5) is 2.52. The van der Waals surface area contributed by atoms with Crippen LogP contribution in [-0.4, -0.2) is 40.4 Å². The highest BCUT2D eigenvalue weighted by molar-refractivity contribution is 5.81. The highest BCUT2D eigenvalue weighted by Crippen LogP contribution is 2.20. The van der Waals surface area contributed by atoms with Gasteiger partial charge in [-0.25, -0.2) is 0 Å². The van der Waals surface area contributed by atoms with E-state index in [1.165, 1.54) is 16.6 Å². The Balaban J connectivity index is 1.92. The zero-order valence-electron chi connectivity index (χ0n) is 11.8. The first-order valence-electron chi connectivity index (χ1n) is 7.18. The Hall–Kier alpha value is -1.39. The van der Waals surface area contributed by atoms with Crippen LogP contribution < -0.4 is 5.32 Å². The first kappa shape index (κ1) is 12.6. The average Bonchev–Trinajstić information content (AvgIpc) is 2.80. The minimum absolute atomic E-state index is 0.583. The van der Waals surface area contributed by atoms with E-state index in [1.54, 1.807) is 0 Å². The lowest BCUT2D eigenvalue weighted by molar-refractivity contribution is 0.164. The standard InChI is InChI=1S/C15H22N4/c1-3-19-15-7-5-4-6-13(15)14(17-19)11-18-9-8-16-10-12(18)2/h4-7,12,16H,3,8-11H2,1-2H3/t12-/m1/s1. The van der Waals surface area contributed by atoms with E-state index < -0.39 is 0 Å². The number of piperazine rings is 1. The maximum absolute atomic E-state index is 4.79. The Bertz CT molecular complexity index is 560. The van der Waals surface area contributed by atoms with Crippen molar-refractivity contribution in [1.82, 2.24) is 20.0 Å². The van der Waals surface area contributed by atoms with Crippen molar-refractivity contribution in [3.05, 3.63) is 30.0 Å². The lowest BCUT2D eigenvalue weighted by Gasteiger charge is -2.33. The summed E-state index contributed by atoms with van der Waals surface area (Å²) in [5, 5.41) is 9.53. The lowest BCUT2D eigenvalue weighted by Crippen LogP contribution is -2.49. The predicted molar refractivity (Wildman–Crippen MR) is 78.1 cm³/mol. The molecule has 0 radical (unpaired) electrons. The Morgan fingerprint density at radius 3 is 3.00 bits per heavy atom. The summed E-state index contributed by atoms with van der Waals surface area (Å²) >= 11 is 0. The third-order valence-corrected chi connectivity index (χ3v) is 4.03. The van der Waals surface area contributed by atoms with E-state index in [4.69, 9.17) is 5.10 Å². The van der Waals surface area contributed by atoms with Gasteiger partial charge in [0.25, 0.3) is 0 Å². The van der Waals surface area contributed by atoms with Crippen molar-refractivity contribution in [2.24, 2.45) is 0 Å². The summed E-state index contributed by atoms with van der Waals surface area (Å²) in [5.41, 5.74) is 2.47. The summed E-state index contributed by atoms with van der Waals surface area (Å²) < 4.78 is 2.11. The van der Waals surface area contributed by atoms with Gasteiger partial charge in [-0.15, -0.1) is 0 Å². The number of para-hydroxylation sites is 1. The van der Waals surface area contributed by atoms with Crippen molar-refractivity contribution in [3.8, 4) is 0 Å². The minimum Gasteiger partial charge on any atom is -0.314 e. The van der Waals surface area contributed by atoms with E-state index in [0.29, 0.717) is 6.04 Å². The number of hydrogen-bond acceptors (Lipinski definition) is 3. The molecule has 102 valence electrons. The maximum Gasteiger partial charge on any atom is 0.0843 e. The van der Waals surface area contributed by atoms with E-state index in [0.717, 1.165) is 32.7 Å². The molecular formula is C15H22N4. The van der Waals surface area contributed by atoms with Crippen LogP contribution in [0.2, 0.25) is 0 Å². The molecule has 1 aliphatic heterocycles. The number of benzene rings is 1. The second-order valence-corrected chi connectivity index (χ2v) is 5.30. The van der Waals surface area contributed by atoms with Crippen LogP contribution in [0.25, 0.3) is 10.9 Å². The average molecular weight is 258 g/mol. The van der Waals surface area contributed by atoms with Crippen LogP contribution in [0.1, 0.15) is 19.5 Å². The maximum atomic E-state index is 4.79. The molecule has 0 unspecified atom stereocenters. The number of nitrogens with one attached hydrogen (secondary N) is 1. The molecule has 0 aliphatic carbocycles. The molecule has 2 heterocycles. The van der Waals surface area contributed by atoms with Gasteiger partial charge in [0.1, 0.15) is 0 Å². The number of rotatable bonds is 3. The number of nitrogens with zero attached hydrogens (tertiary/aromatic N) is 3. The third-order valence-electron chi connectivity index (χ3n) is 4.03. The van der Waals surface area contributed by atoms with Crippen LogP contribution in [0.3, 0.4) is 0 Å². The van der Waals surface area contributed by atoms with Crippen molar-refractivity contribution in [3.63, 3.8) is 0 Å². The Morgan fingerprint density at radius 2 is 2.21 bits per heavy atom. The molecule has 1 aromatic carbocycles. The van der Waals surface area contributed by atoms with Gasteiger partial charge in [0.15, 0.2) is 0 Å². The first-order valence-corrected chi connectivity index (χ1v) is 7.18. The van der Waals surface area contributed by atoms with Crippen LogP contribution in [-0.2, 0) is 13.1 Å². The van der Waals surface area contributed by atoms with E-state index in [9.17, 15) is 0 Å². The summed E-state index contributed by atoms with van der Waals surface area (Å²) in [6.07, 6.45) is 0. The SMILES string of the molecule is CCn1nc(CN2CCNC[C@H]2C)c2ccccc21. The molecule has 0 amide bonds. The molecule has 3 rings (SSSR count). The van der Waals surface area contributed by atoms with E-state index in [1.807, 2.05) is 0 Å². The van der Waals surface area contributed by atoms with Gasteiger partial charge in [0.05, 0.1) is 11.2 Å². The molecule has 2 aromatic rings. The second-order valence-electron chi connectivity index (χ2n) is 5.30. The highest BCUT2D eigenvalue weighted by atomic mass is 15.3. The molecule has 0 saturated carbocycles. The summed E-state index contributed by atoms with van der Waals surface area (Å²) in [7, 11) is 0. The quantitative estimate of drug-likeness (QED) is 0.912. The molecule has 4 nitrogen and oxygen atoms in total. The molecule has 1 aliphatic rings. The van der Waals surface area contributed by atoms with Crippen molar-refractivity contribution >= 4 is 10.9 Å². The summed E-state index contributed by atoms with van der Waals surface area (Å²) in [6, 6.07) is 9.13. The largest absolute Gasteiger partial charge is 0.314 e. The molecular weight excluding hydrogens is 236 g/mol. The van der Waals surface area contributed by atoms with Gasteiger partial charge in [-0.1, -0.05) is 18.2 Å². The first-order chi connectivity index (χ1) is 9.29. The fraction of sp³-hybridized carbons (Fsp3) is 0.533. The molecule has 4 heteroatoms. The third kappa shape index (κ3) is 2.38. The number of aromatic nitrogens is 2. The number of aryl methyl sites for hydroxylation is 1. The molecule has 1 N–H and O–H groups in total. The molecule has 1 fully saturated rings. The molecule has 1 saturated heterocycles. The van der Waals surface area contributed by atoms with Crippen molar-refractivity contribution < 1.29 is 0 Å². The van der Waals surface area contributed by atoms with Gasteiger partial charge in [-0.2, -0.15) is 5.10 Å². The van der Waals surface area contributed by atoms with Gasteiger partial charge in [-0.05, 0) is 19.9 Å². The molecule has 0 bridgehead atoms. The minimum atomic E-state index is 0.583. The van der Waals surface area contributed by atoms with Crippen LogP contribution in [0.15, 0.2) is 24.3 Å². The van der Waals surface area contributed by atoms with Gasteiger partial charge >= 0.3 is 0 Å². The monoisotopic (exact) mass is 258 g/mol. The van der Waals surface area contributed by atoms with E-state index in [-0.39, 0.29) is 0 Å². The molecule has 1 aromatic heterocycles. The predicted octanol–water partition coefficient (Wildman–Crippen LogP) is 1.85. The van der Waals surface area contributed by atoms with Crippen LogP contribution >= 0.6 is 0 Å². The Labute approximate surface area is 114 Å². The fourth-order valence-corrected chi connectivity index (χ4v) is 2.86. The van der Waals surface area contributed by atoms with E-state index in [2.05, 4.69) is 53.0 Å². The summed E-state index contributed by atoms with van der Waals surface area (Å²) in [5.74, 6) is 0. The zero-order chi connectivity index (χ0) is 13.2. The Morgan fingerprint density at radius 1 is 1.37 bits per heavy atom. The summed E-state index contributed by atoms with van der Waals surface area (Å²) in [6.45, 7) is 9.58. The molecule has 19 heavy (non-hydrogen) atoms. The van der Waals surface area contributed by atoms with Gasteiger partial charge in [0, 0.05) is 44.2 Å². The molecule has 1 atom stereocenters. The zero-order valence-corrected chi connectivity index (χ0v) is 11.8. The number of hydrogen-bond donors (Lipinski definition) is 1. The van der Waals surface area contributed by atoms with Gasteiger partial charge in [0.2, 0.25) is 0 Å². The second kappa shape index (κ2) is 5.31. The van der Waals surface area contributed by atoms with Gasteiger partial charge in [-0.3, -0.25) is 9.58 Å². The normalized spacial score (nSPS) is 21.1. The van der Waals surface area contributed by atoms with Crippen molar-refractivity contribution in [2.75, 3.05) is 19.6 Å². The van der Waals surface area contributed by atoms with Crippen LogP contribution in [0.5, 0.6) is 0 Å². The van der Waals surface area contributed by atoms with Crippen molar-refractivity contribution in [2.45, 2.75) is 33.0 Å². The lowest BCUT2D eigenvalue weighted by atomic mass is 10.1. The van der Waals surface area contributed by atoms with Crippen LogP contribution in [0.4, 0.5) is 0 Å². The van der Waals surface area contributed by atoms with Gasteiger partial charge < -0.3 is 5.32 Å².